The molecule has 0 heterocycles. The van der Waals surface area contributed by atoms with Crippen LogP contribution in [0.25, 0.3) is 0 Å². The standard InChI is InChI=1S/C29H38O3Si/c1-29(2,3)33(27-15-9-5-10-16-27,28-17-11-6-12-18-28)32-22-21-26(31)23-25(30)20-19-24-13-7-4-8-14-24/h4-18,25-26,30-31H,19-23H2,1-3H3/t25-,26-/m0/s1. The maximum absolute atomic E-state index is 10.6. The highest BCUT2D eigenvalue weighted by Gasteiger charge is 2.50. The average molecular weight is 463 g/mol. The minimum atomic E-state index is -2.59. The smallest absolute Gasteiger partial charge is 0.261 e. The Bertz CT molecular complexity index is 899. The van der Waals surface area contributed by atoms with Crippen LogP contribution < -0.4 is 10.4 Å². The molecule has 0 fully saturated rings. The van der Waals surface area contributed by atoms with Crippen LogP contribution in [0.5, 0.6) is 0 Å². The lowest BCUT2D eigenvalue weighted by Gasteiger charge is -2.43. The van der Waals surface area contributed by atoms with Crippen LogP contribution in [-0.2, 0) is 10.8 Å². The van der Waals surface area contributed by atoms with Gasteiger partial charge in [0.1, 0.15) is 0 Å². The van der Waals surface area contributed by atoms with E-state index in [9.17, 15) is 10.2 Å². The van der Waals surface area contributed by atoms with Crippen LogP contribution in [-0.4, -0.2) is 37.3 Å². The molecule has 4 heteroatoms. The highest BCUT2D eigenvalue weighted by atomic mass is 28.4. The number of hydrogen-bond donors (Lipinski definition) is 2. The molecule has 3 nitrogen and oxygen atoms in total. The van der Waals surface area contributed by atoms with E-state index >= 15 is 0 Å². The van der Waals surface area contributed by atoms with Crippen molar-refractivity contribution in [1.29, 1.82) is 0 Å². The first kappa shape index (κ1) is 25.4. The maximum atomic E-state index is 10.6. The van der Waals surface area contributed by atoms with Gasteiger partial charge in [-0.15, -0.1) is 0 Å². The minimum Gasteiger partial charge on any atom is -0.407 e. The minimum absolute atomic E-state index is 0.0874. The zero-order valence-corrected chi connectivity index (χ0v) is 21.2. The summed E-state index contributed by atoms with van der Waals surface area (Å²) in [7, 11) is -2.59. The highest BCUT2D eigenvalue weighted by Crippen LogP contribution is 2.36. The summed E-state index contributed by atoms with van der Waals surface area (Å²) in [6.45, 7) is 7.22. The molecule has 0 unspecified atom stereocenters. The topological polar surface area (TPSA) is 49.7 Å². The first-order chi connectivity index (χ1) is 15.8. The third kappa shape index (κ3) is 6.64. The predicted octanol–water partition coefficient (Wildman–Crippen LogP) is 4.70. The van der Waals surface area contributed by atoms with E-state index in [2.05, 4.69) is 81.4 Å². The summed E-state index contributed by atoms with van der Waals surface area (Å²) >= 11 is 0. The second-order valence-corrected chi connectivity index (χ2v) is 14.2. The molecule has 2 N–H and O–H groups in total. The van der Waals surface area contributed by atoms with E-state index in [0.717, 1.165) is 6.42 Å². The molecule has 33 heavy (non-hydrogen) atoms. The van der Waals surface area contributed by atoms with Gasteiger partial charge in [-0.1, -0.05) is 112 Å². The number of rotatable bonds is 11. The van der Waals surface area contributed by atoms with Crippen molar-refractivity contribution in [3.63, 3.8) is 0 Å². The van der Waals surface area contributed by atoms with Crippen LogP contribution in [0.15, 0.2) is 91.0 Å². The van der Waals surface area contributed by atoms with Gasteiger partial charge in [0.25, 0.3) is 8.32 Å². The lowest BCUT2D eigenvalue weighted by Crippen LogP contribution is -2.66. The summed E-state index contributed by atoms with van der Waals surface area (Å²) in [6, 6.07) is 31.2. The van der Waals surface area contributed by atoms with Gasteiger partial charge in [-0.05, 0) is 46.7 Å². The summed E-state index contributed by atoms with van der Waals surface area (Å²) in [5.41, 5.74) is 1.21. The summed E-state index contributed by atoms with van der Waals surface area (Å²) in [5.74, 6) is 0. The van der Waals surface area contributed by atoms with E-state index in [-0.39, 0.29) is 5.04 Å². The Morgan fingerprint density at radius 3 is 1.64 bits per heavy atom. The molecule has 3 aromatic carbocycles. The summed E-state index contributed by atoms with van der Waals surface area (Å²) in [6.07, 6.45) is 1.23. The van der Waals surface area contributed by atoms with Gasteiger partial charge < -0.3 is 14.6 Å². The Morgan fingerprint density at radius 1 is 0.697 bits per heavy atom. The first-order valence-corrected chi connectivity index (χ1v) is 13.9. The second kappa shape index (κ2) is 11.8. The van der Waals surface area contributed by atoms with E-state index in [1.807, 2.05) is 30.3 Å². The van der Waals surface area contributed by atoms with Crippen molar-refractivity contribution in [2.24, 2.45) is 0 Å². The molecule has 0 bridgehead atoms. The quantitative estimate of drug-likeness (QED) is 0.406. The molecule has 0 spiro atoms. The maximum Gasteiger partial charge on any atom is 0.261 e. The molecule has 0 saturated heterocycles. The van der Waals surface area contributed by atoms with Crippen molar-refractivity contribution in [2.75, 3.05) is 6.61 Å². The molecule has 0 aliphatic carbocycles. The molecule has 3 rings (SSSR count). The largest absolute Gasteiger partial charge is 0.407 e. The van der Waals surface area contributed by atoms with Crippen LogP contribution in [0.3, 0.4) is 0 Å². The Labute approximate surface area is 200 Å². The molecule has 0 radical (unpaired) electrons. The van der Waals surface area contributed by atoms with Gasteiger partial charge in [0.15, 0.2) is 0 Å². The predicted molar refractivity (Wildman–Crippen MR) is 140 cm³/mol. The number of benzene rings is 3. The van der Waals surface area contributed by atoms with Crippen LogP contribution in [0, 0.1) is 0 Å². The van der Waals surface area contributed by atoms with Crippen LogP contribution in [0.2, 0.25) is 5.04 Å². The zero-order chi connectivity index (χ0) is 23.7. The molecule has 176 valence electrons. The Balaban J connectivity index is 1.66. The molecule has 3 aromatic rings. The third-order valence-corrected chi connectivity index (χ3v) is 11.4. The number of aryl methyl sites for hydroxylation is 1. The monoisotopic (exact) mass is 462 g/mol. The highest BCUT2D eigenvalue weighted by molar-refractivity contribution is 6.99. The molecule has 0 saturated carbocycles. The van der Waals surface area contributed by atoms with Gasteiger partial charge in [0, 0.05) is 6.61 Å². The Hall–Kier alpha value is -2.24. The molecule has 0 aliphatic heterocycles. The van der Waals surface area contributed by atoms with Gasteiger partial charge in [0.2, 0.25) is 0 Å². The summed E-state index contributed by atoms with van der Waals surface area (Å²) in [5, 5.41) is 23.5. The van der Waals surface area contributed by atoms with E-state index in [1.165, 1.54) is 15.9 Å². The molecule has 2 atom stereocenters. The summed E-state index contributed by atoms with van der Waals surface area (Å²) < 4.78 is 6.85. The van der Waals surface area contributed by atoms with Crippen molar-refractivity contribution in [1.82, 2.24) is 0 Å². The van der Waals surface area contributed by atoms with Gasteiger partial charge in [0.05, 0.1) is 12.2 Å². The van der Waals surface area contributed by atoms with Gasteiger partial charge in [-0.25, -0.2) is 0 Å². The van der Waals surface area contributed by atoms with E-state index in [0.29, 0.717) is 25.9 Å². The zero-order valence-electron chi connectivity index (χ0n) is 20.2. The van der Waals surface area contributed by atoms with E-state index < -0.39 is 20.5 Å². The van der Waals surface area contributed by atoms with Crippen molar-refractivity contribution in [3.05, 3.63) is 96.6 Å². The van der Waals surface area contributed by atoms with Gasteiger partial charge in [-0.3, -0.25) is 0 Å². The third-order valence-electron chi connectivity index (χ3n) is 6.34. The van der Waals surface area contributed by atoms with Gasteiger partial charge in [-0.2, -0.15) is 0 Å². The fourth-order valence-electron chi connectivity index (χ4n) is 4.64. The van der Waals surface area contributed by atoms with Crippen LogP contribution >= 0.6 is 0 Å². The van der Waals surface area contributed by atoms with E-state index in [1.54, 1.807) is 0 Å². The SMILES string of the molecule is CC(C)(C)[Si](OCC[C@H](O)C[C@@H](O)CCc1ccccc1)(c1ccccc1)c1ccccc1. The lowest BCUT2D eigenvalue weighted by atomic mass is 10.0. The fourth-order valence-corrected chi connectivity index (χ4v) is 9.22. The molecule has 0 aromatic heterocycles. The Morgan fingerprint density at radius 2 is 1.15 bits per heavy atom. The van der Waals surface area contributed by atoms with Crippen molar-refractivity contribution >= 4 is 18.7 Å². The molecular weight excluding hydrogens is 424 g/mol. The fraction of sp³-hybridized carbons (Fsp3) is 0.379. The van der Waals surface area contributed by atoms with Crippen molar-refractivity contribution in [3.8, 4) is 0 Å². The number of hydrogen-bond acceptors (Lipinski definition) is 3. The number of aliphatic hydroxyl groups excluding tert-OH is 2. The Kier molecular flexibility index (Phi) is 9.04. The first-order valence-electron chi connectivity index (χ1n) is 12.0. The molecule has 0 amide bonds. The second-order valence-electron chi connectivity index (χ2n) is 9.87. The lowest BCUT2D eigenvalue weighted by molar-refractivity contribution is 0.0619. The van der Waals surface area contributed by atoms with Crippen LogP contribution in [0.4, 0.5) is 0 Å². The summed E-state index contributed by atoms with van der Waals surface area (Å²) in [4.78, 5) is 0. The normalized spacial score (nSPS) is 14.1. The average Bonchev–Trinajstić information content (AvgIpc) is 2.81. The van der Waals surface area contributed by atoms with Crippen molar-refractivity contribution < 1.29 is 14.6 Å². The van der Waals surface area contributed by atoms with Gasteiger partial charge >= 0.3 is 0 Å². The number of aliphatic hydroxyl groups is 2. The molecular formula is C29H38O3Si. The van der Waals surface area contributed by atoms with Crippen molar-refractivity contribution in [2.45, 2.75) is 63.7 Å². The van der Waals surface area contributed by atoms with E-state index in [4.69, 9.17) is 4.43 Å². The molecule has 0 aliphatic rings. The van der Waals surface area contributed by atoms with Crippen LogP contribution in [0.1, 0.15) is 45.6 Å².